The van der Waals surface area contributed by atoms with Gasteiger partial charge in [0.05, 0.1) is 0 Å². The molecule has 4 heteroatoms. The quantitative estimate of drug-likeness (QED) is 0.843. The van der Waals surface area contributed by atoms with Crippen molar-refractivity contribution in [3.05, 3.63) is 33.8 Å². The molecule has 0 bridgehead atoms. The summed E-state index contributed by atoms with van der Waals surface area (Å²) in [5.74, 6) is 1.31. The fourth-order valence-corrected chi connectivity index (χ4v) is 4.84. The zero-order chi connectivity index (χ0) is 15.9. The van der Waals surface area contributed by atoms with Crippen molar-refractivity contribution in [3.63, 3.8) is 0 Å². The Morgan fingerprint density at radius 1 is 1.35 bits per heavy atom. The molecule has 2 unspecified atom stereocenters. The van der Waals surface area contributed by atoms with Crippen molar-refractivity contribution in [2.24, 2.45) is 5.92 Å². The van der Waals surface area contributed by atoms with Crippen LogP contribution in [-0.4, -0.2) is 24.5 Å². The lowest BCUT2D eigenvalue weighted by Gasteiger charge is -2.30. The SMILES string of the molecule is O=C(CC1CCNC2(CC2)C1)NCC1CCc2cc(Br)ccc21. The highest BCUT2D eigenvalue weighted by Crippen LogP contribution is 2.44. The van der Waals surface area contributed by atoms with Crippen molar-refractivity contribution in [1.29, 1.82) is 0 Å². The zero-order valence-corrected chi connectivity index (χ0v) is 15.1. The molecular formula is C19H25BrN2O. The molecule has 2 atom stereocenters. The van der Waals surface area contributed by atoms with Gasteiger partial charge >= 0.3 is 0 Å². The number of halogens is 1. The molecule has 2 N–H and O–H groups in total. The Morgan fingerprint density at radius 3 is 3.04 bits per heavy atom. The number of carbonyl (C=O) groups excluding carboxylic acids is 1. The molecular weight excluding hydrogens is 352 g/mol. The summed E-state index contributed by atoms with van der Waals surface area (Å²) in [5.41, 5.74) is 3.28. The second-order valence-corrected chi connectivity index (χ2v) is 8.57. The number of benzene rings is 1. The van der Waals surface area contributed by atoms with Crippen LogP contribution in [0.5, 0.6) is 0 Å². The smallest absolute Gasteiger partial charge is 0.220 e. The summed E-state index contributed by atoms with van der Waals surface area (Å²) >= 11 is 3.54. The van der Waals surface area contributed by atoms with Gasteiger partial charge in [-0.05, 0) is 74.2 Å². The monoisotopic (exact) mass is 376 g/mol. The van der Waals surface area contributed by atoms with E-state index in [-0.39, 0.29) is 5.91 Å². The Balaban J connectivity index is 1.28. The van der Waals surface area contributed by atoms with E-state index in [0.717, 1.165) is 36.8 Å². The fourth-order valence-electron chi connectivity index (χ4n) is 4.43. The van der Waals surface area contributed by atoms with Gasteiger partial charge in [0, 0.05) is 28.9 Å². The summed E-state index contributed by atoms with van der Waals surface area (Å²) in [6.07, 6.45) is 7.95. The molecule has 2 fully saturated rings. The van der Waals surface area contributed by atoms with E-state index in [9.17, 15) is 4.79 Å². The van der Waals surface area contributed by atoms with E-state index in [4.69, 9.17) is 0 Å². The summed E-state index contributed by atoms with van der Waals surface area (Å²) in [6, 6.07) is 6.55. The Hall–Kier alpha value is -0.870. The summed E-state index contributed by atoms with van der Waals surface area (Å²) < 4.78 is 1.15. The number of aryl methyl sites for hydroxylation is 1. The Labute approximate surface area is 146 Å². The molecule has 1 saturated heterocycles. The molecule has 1 heterocycles. The van der Waals surface area contributed by atoms with E-state index >= 15 is 0 Å². The first-order valence-electron chi connectivity index (χ1n) is 8.94. The fraction of sp³-hybridized carbons (Fsp3) is 0.632. The van der Waals surface area contributed by atoms with Gasteiger partial charge in [-0.1, -0.05) is 22.0 Å². The number of rotatable bonds is 4. The van der Waals surface area contributed by atoms with Crippen LogP contribution >= 0.6 is 15.9 Å². The molecule has 1 aromatic rings. The minimum atomic E-state index is 0.248. The molecule has 0 radical (unpaired) electrons. The van der Waals surface area contributed by atoms with Gasteiger partial charge in [0.1, 0.15) is 0 Å². The van der Waals surface area contributed by atoms with Crippen LogP contribution in [0.15, 0.2) is 22.7 Å². The van der Waals surface area contributed by atoms with Gasteiger partial charge in [-0.2, -0.15) is 0 Å². The topological polar surface area (TPSA) is 41.1 Å². The van der Waals surface area contributed by atoms with Crippen LogP contribution < -0.4 is 10.6 Å². The molecule has 1 aliphatic heterocycles. The van der Waals surface area contributed by atoms with E-state index in [1.54, 1.807) is 0 Å². The number of piperidine rings is 1. The highest BCUT2D eigenvalue weighted by atomic mass is 79.9. The van der Waals surface area contributed by atoms with Crippen LogP contribution in [0.2, 0.25) is 0 Å². The highest BCUT2D eigenvalue weighted by molar-refractivity contribution is 9.10. The minimum absolute atomic E-state index is 0.248. The van der Waals surface area contributed by atoms with Crippen molar-refractivity contribution >= 4 is 21.8 Å². The summed E-state index contributed by atoms with van der Waals surface area (Å²) in [4.78, 5) is 12.3. The standard InChI is InChI=1S/C19H25BrN2O/c20-16-3-4-17-14(10-16)1-2-15(17)12-21-18(23)9-13-5-8-22-19(11-13)6-7-19/h3-4,10,13,15,22H,1-2,5-9,11-12H2,(H,21,23). The number of nitrogens with one attached hydrogen (secondary N) is 2. The second kappa shape index (κ2) is 6.21. The molecule has 3 nitrogen and oxygen atoms in total. The highest BCUT2D eigenvalue weighted by Gasteiger charge is 2.45. The zero-order valence-electron chi connectivity index (χ0n) is 13.5. The third-order valence-corrected chi connectivity index (χ3v) is 6.41. The lowest BCUT2D eigenvalue weighted by Crippen LogP contribution is -2.41. The van der Waals surface area contributed by atoms with Crippen LogP contribution in [-0.2, 0) is 11.2 Å². The van der Waals surface area contributed by atoms with Crippen molar-refractivity contribution in [2.75, 3.05) is 13.1 Å². The first-order valence-corrected chi connectivity index (χ1v) is 9.73. The van der Waals surface area contributed by atoms with Crippen molar-refractivity contribution in [3.8, 4) is 0 Å². The molecule has 0 aromatic heterocycles. The number of carbonyl (C=O) groups is 1. The Bertz CT molecular complexity index is 611. The lowest BCUT2D eigenvalue weighted by atomic mass is 9.88. The molecule has 4 rings (SSSR count). The normalized spacial score (nSPS) is 27.7. The third-order valence-electron chi connectivity index (χ3n) is 5.91. The van der Waals surface area contributed by atoms with Crippen molar-refractivity contribution in [2.45, 2.75) is 56.4 Å². The molecule has 23 heavy (non-hydrogen) atoms. The summed E-state index contributed by atoms with van der Waals surface area (Å²) in [5, 5.41) is 6.83. The van der Waals surface area contributed by atoms with Crippen LogP contribution in [0.1, 0.15) is 55.6 Å². The Morgan fingerprint density at radius 2 is 2.22 bits per heavy atom. The van der Waals surface area contributed by atoms with Gasteiger partial charge < -0.3 is 10.6 Å². The van der Waals surface area contributed by atoms with E-state index < -0.39 is 0 Å². The summed E-state index contributed by atoms with van der Waals surface area (Å²) in [6.45, 7) is 1.88. The van der Waals surface area contributed by atoms with Gasteiger partial charge in [0.2, 0.25) is 5.91 Å². The van der Waals surface area contributed by atoms with Gasteiger partial charge in [-0.25, -0.2) is 0 Å². The Kier molecular flexibility index (Phi) is 4.22. The molecule has 3 aliphatic rings. The lowest BCUT2D eigenvalue weighted by molar-refractivity contribution is -0.122. The van der Waals surface area contributed by atoms with Crippen molar-refractivity contribution < 1.29 is 4.79 Å². The van der Waals surface area contributed by atoms with Crippen LogP contribution in [0.25, 0.3) is 0 Å². The van der Waals surface area contributed by atoms with Crippen LogP contribution in [0.3, 0.4) is 0 Å². The molecule has 124 valence electrons. The van der Waals surface area contributed by atoms with E-state index in [1.165, 1.54) is 30.4 Å². The first-order chi connectivity index (χ1) is 11.1. The molecule has 1 saturated carbocycles. The van der Waals surface area contributed by atoms with Crippen molar-refractivity contribution in [1.82, 2.24) is 10.6 Å². The van der Waals surface area contributed by atoms with Crippen LogP contribution in [0.4, 0.5) is 0 Å². The maximum atomic E-state index is 12.3. The second-order valence-electron chi connectivity index (χ2n) is 7.65. The predicted molar refractivity (Wildman–Crippen MR) is 95.5 cm³/mol. The van der Waals surface area contributed by atoms with Gasteiger partial charge in [0.25, 0.3) is 0 Å². The summed E-state index contributed by atoms with van der Waals surface area (Å²) in [7, 11) is 0. The molecule has 1 aromatic carbocycles. The number of amides is 1. The van der Waals surface area contributed by atoms with Crippen LogP contribution in [0, 0.1) is 5.92 Å². The average Bonchev–Trinajstić information content (AvgIpc) is 3.14. The number of fused-ring (bicyclic) bond motifs is 1. The number of hydrogen-bond acceptors (Lipinski definition) is 2. The minimum Gasteiger partial charge on any atom is -0.355 e. The largest absolute Gasteiger partial charge is 0.355 e. The molecule has 1 amide bonds. The van der Waals surface area contributed by atoms with E-state index in [1.807, 2.05) is 0 Å². The van der Waals surface area contributed by atoms with E-state index in [0.29, 0.717) is 23.8 Å². The molecule has 2 aliphatic carbocycles. The molecule has 1 spiro atoms. The maximum absolute atomic E-state index is 12.3. The third kappa shape index (κ3) is 3.48. The van der Waals surface area contributed by atoms with Gasteiger partial charge in [-0.3, -0.25) is 4.79 Å². The average molecular weight is 377 g/mol. The number of hydrogen-bond donors (Lipinski definition) is 2. The maximum Gasteiger partial charge on any atom is 0.220 e. The van der Waals surface area contributed by atoms with E-state index in [2.05, 4.69) is 44.8 Å². The predicted octanol–water partition coefficient (Wildman–Crippen LogP) is 3.52. The van der Waals surface area contributed by atoms with Gasteiger partial charge in [0.15, 0.2) is 0 Å². The van der Waals surface area contributed by atoms with Gasteiger partial charge in [-0.15, -0.1) is 0 Å². The first kappa shape index (κ1) is 15.6.